The van der Waals surface area contributed by atoms with Crippen molar-refractivity contribution in [2.75, 3.05) is 6.61 Å². The molecule has 0 saturated heterocycles. The highest BCUT2D eigenvalue weighted by atomic mass is 16.6. The Morgan fingerprint density at radius 3 is 1.86 bits per heavy atom. The molecule has 0 fully saturated rings. The van der Waals surface area contributed by atoms with Gasteiger partial charge in [0.1, 0.15) is 6.10 Å². The van der Waals surface area contributed by atoms with E-state index in [-0.39, 0.29) is 29.5 Å². The predicted octanol–water partition coefficient (Wildman–Crippen LogP) is 3.91. The average Bonchev–Trinajstić information content (AvgIpc) is 2.34. The van der Waals surface area contributed by atoms with Crippen molar-refractivity contribution in [3.05, 3.63) is 25.3 Å². The highest BCUT2D eigenvalue weighted by Crippen LogP contribution is 2.36. The minimum atomic E-state index is -0.473. The Bertz CT molecular complexity index is 410. The summed E-state index contributed by atoms with van der Waals surface area (Å²) in [6, 6.07) is 0. The Labute approximate surface area is 134 Å². The Kier molecular flexibility index (Phi) is 7.57. The fraction of sp³-hybridized carbons (Fsp3) is 0.667. The van der Waals surface area contributed by atoms with Crippen molar-refractivity contribution >= 4 is 11.9 Å². The van der Waals surface area contributed by atoms with Gasteiger partial charge in [-0.15, -0.1) is 0 Å². The zero-order valence-electron chi connectivity index (χ0n) is 14.8. The Morgan fingerprint density at radius 2 is 1.50 bits per heavy atom. The first-order chi connectivity index (χ1) is 9.90. The SMILES string of the molecule is C=CC(=O)OCC(C(CC(C)(C)C)OC(=O)C=C)C(C)(C)C. The summed E-state index contributed by atoms with van der Waals surface area (Å²) in [6.07, 6.45) is 2.60. The van der Waals surface area contributed by atoms with Crippen molar-refractivity contribution in [3.63, 3.8) is 0 Å². The third kappa shape index (κ3) is 8.01. The summed E-state index contributed by atoms with van der Waals surface area (Å²) >= 11 is 0. The second kappa shape index (κ2) is 8.16. The molecule has 0 saturated carbocycles. The maximum atomic E-state index is 11.7. The van der Waals surface area contributed by atoms with Gasteiger partial charge in [0, 0.05) is 18.1 Å². The van der Waals surface area contributed by atoms with Crippen molar-refractivity contribution in [2.45, 2.75) is 54.1 Å². The molecule has 0 aliphatic carbocycles. The van der Waals surface area contributed by atoms with Gasteiger partial charge in [-0.2, -0.15) is 0 Å². The van der Waals surface area contributed by atoms with Crippen LogP contribution in [0.3, 0.4) is 0 Å². The van der Waals surface area contributed by atoms with E-state index in [1.54, 1.807) is 0 Å². The van der Waals surface area contributed by atoms with Crippen LogP contribution in [-0.4, -0.2) is 24.6 Å². The molecule has 0 aromatic carbocycles. The van der Waals surface area contributed by atoms with Gasteiger partial charge in [-0.1, -0.05) is 54.7 Å². The van der Waals surface area contributed by atoms with E-state index in [9.17, 15) is 9.59 Å². The van der Waals surface area contributed by atoms with E-state index in [0.717, 1.165) is 12.2 Å². The minimum Gasteiger partial charge on any atom is -0.462 e. The molecule has 0 heterocycles. The lowest BCUT2D eigenvalue weighted by Gasteiger charge is -2.38. The molecule has 0 rings (SSSR count). The second-order valence-corrected chi connectivity index (χ2v) is 7.75. The number of esters is 2. The van der Waals surface area contributed by atoms with Crippen LogP contribution in [0.5, 0.6) is 0 Å². The van der Waals surface area contributed by atoms with Crippen LogP contribution in [0.15, 0.2) is 25.3 Å². The standard InChI is InChI=1S/C18H30O4/c1-9-15(19)21-12-13(18(6,7)8)14(11-17(3,4)5)22-16(20)10-2/h9-10,13-14H,1-2,11-12H2,3-8H3. The van der Waals surface area contributed by atoms with Gasteiger partial charge in [0.15, 0.2) is 0 Å². The molecule has 0 amide bonds. The van der Waals surface area contributed by atoms with Gasteiger partial charge in [0.2, 0.25) is 0 Å². The molecule has 0 aliphatic heterocycles. The van der Waals surface area contributed by atoms with Crippen molar-refractivity contribution in [1.82, 2.24) is 0 Å². The molecular formula is C18H30O4. The van der Waals surface area contributed by atoms with Crippen LogP contribution >= 0.6 is 0 Å². The molecule has 0 aliphatic rings. The highest BCUT2D eigenvalue weighted by molar-refractivity contribution is 5.81. The van der Waals surface area contributed by atoms with Gasteiger partial charge in [-0.25, -0.2) is 9.59 Å². The highest BCUT2D eigenvalue weighted by Gasteiger charge is 2.37. The lowest BCUT2D eigenvalue weighted by atomic mass is 9.73. The van der Waals surface area contributed by atoms with Crippen LogP contribution in [0.1, 0.15) is 48.0 Å². The predicted molar refractivity (Wildman–Crippen MR) is 88.3 cm³/mol. The molecule has 4 heteroatoms. The number of carbonyl (C=O) groups excluding carboxylic acids is 2. The van der Waals surface area contributed by atoms with Crippen molar-refractivity contribution < 1.29 is 19.1 Å². The molecule has 126 valence electrons. The van der Waals surface area contributed by atoms with Crippen LogP contribution in [0, 0.1) is 16.7 Å². The van der Waals surface area contributed by atoms with Gasteiger partial charge in [-0.3, -0.25) is 0 Å². The van der Waals surface area contributed by atoms with E-state index in [1.807, 2.05) is 20.8 Å². The van der Waals surface area contributed by atoms with E-state index in [2.05, 4.69) is 33.9 Å². The molecular weight excluding hydrogens is 280 g/mol. The summed E-state index contributed by atoms with van der Waals surface area (Å²) in [5.74, 6) is -1.06. The van der Waals surface area contributed by atoms with E-state index >= 15 is 0 Å². The van der Waals surface area contributed by atoms with Crippen LogP contribution in [0.25, 0.3) is 0 Å². The first-order valence-electron chi connectivity index (χ1n) is 7.53. The molecule has 0 aromatic rings. The normalized spacial score (nSPS) is 14.6. The summed E-state index contributed by atoms with van der Waals surface area (Å²) < 4.78 is 10.8. The zero-order valence-corrected chi connectivity index (χ0v) is 14.8. The fourth-order valence-corrected chi connectivity index (χ4v) is 2.21. The van der Waals surface area contributed by atoms with E-state index in [0.29, 0.717) is 6.42 Å². The summed E-state index contributed by atoms with van der Waals surface area (Å²) in [5, 5.41) is 0. The Morgan fingerprint density at radius 1 is 1.00 bits per heavy atom. The van der Waals surface area contributed by atoms with Gasteiger partial charge in [0.25, 0.3) is 0 Å². The van der Waals surface area contributed by atoms with Gasteiger partial charge < -0.3 is 9.47 Å². The number of rotatable bonds is 7. The summed E-state index contributed by atoms with van der Waals surface area (Å²) in [7, 11) is 0. The fourth-order valence-electron chi connectivity index (χ4n) is 2.21. The molecule has 0 aromatic heterocycles. The lowest BCUT2D eigenvalue weighted by molar-refractivity contribution is -0.155. The third-order valence-electron chi connectivity index (χ3n) is 3.38. The smallest absolute Gasteiger partial charge is 0.330 e. The maximum absolute atomic E-state index is 11.7. The molecule has 2 atom stereocenters. The summed E-state index contributed by atoms with van der Waals surface area (Å²) in [6.45, 7) is 19.4. The molecule has 0 radical (unpaired) electrons. The Balaban J connectivity index is 5.32. The third-order valence-corrected chi connectivity index (χ3v) is 3.38. The number of ether oxygens (including phenoxy) is 2. The van der Waals surface area contributed by atoms with E-state index < -0.39 is 11.9 Å². The zero-order chi connectivity index (χ0) is 17.6. The summed E-state index contributed by atoms with van der Waals surface area (Å²) in [5.41, 5.74) is -0.225. The maximum Gasteiger partial charge on any atom is 0.330 e. The van der Waals surface area contributed by atoms with E-state index in [4.69, 9.17) is 9.47 Å². The molecule has 0 N–H and O–H groups in total. The van der Waals surface area contributed by atoms with Crippen molar-refractivity contribution in [3.8, 4) is 0 Å². The van der Waals surface area contributed by atoms with Crippen LogP contribution in [0.2, 0.25) is 0 Å². The number of hydrogen-bond acceptors (Lipinski definition) is 4. The van der Waals surface area contributed by atoms with Crippen LogP contribution < -0.4 is 0 Å². The van der Waals surface area contributed by atoms with Gasteiger partial charge >= 0.3 is 11.9 Å². The number of hydrogen-bond donors (Lipinski definition) is 0. The monoisotopic (exact) mass is 310 g/mol. The first-order valence-corrected chi connectivity index (χ1v) is 7.53. The van der Waals surface area contributed by atoms with E-state index in [1.165, 1.54) is 0 Å². The van der Waals surface area contributed by atoms with Crippen LogP contribution in [0.4, 0.5) is 0 Å². The first kappa shape index (κ1) is 20.4. The Hall–Kier alpha value is -1.58. The molecule has 22 heavy (non-hydrogen) atoms. The molecule has 4 nitrogen and oxygen atoms in total. The van der Waals surface area contributed by atoms with Crippen LogP contribution in [-0.2, 0) is 19.1 Å². The summed E-state index contributed by atoms with van der Waals surface area (Å²) in [4.78, 5) is 23.0. The van der Waals surface area contributed by atoms with Crippen molar-refractivity contribution in [2.24, 2.45) is 16.7 Å². The van der Waals surface area contributed by atoms with Gasteiger partial charge in [0.05, 0.1) is 6.61 Å². The molecule has 2 unspecified atom stereocenters. The minimum absolute atomic E-state index is 0.0297. The molecule has 0 spiro atoms. The van der Waals surface area contributed by atoms with Gasteiger partial charge in [-0.05, 0) is 17.3 Å². The topological polar surface area (TPSA) is 52.6 Å². The van der Waals surface area contributed by atoms with Crippen molar-refractivity contribution in [1.29, 1.82) is 0 Å². The second-order valence-electron chi connectivity index (χ2n) is 7.75. The largest absolute Gasteiger partial charge is 0.462 e. The molecule has 0 bridgehead atoms. The number of carbonyl (C=O) groups is 2. The average molecular weight is 310 g/mol. The quantitative estimate of drug-likeness (QED) is 0.528. The lowest BCUT2D eigenvalue weighted by Crippen LogP contribution is -2.41.